The van der Waals surface area contributed by atoms with Crippen LogP contribution in [0.25, 0.3) is 0 Å². The summed E-state index contributed by atoms with van der Waals surface area (Å²) in [4.78, 5) is 25.9. The number of nitrogens with zero attached hydrogens (tertiary/aromatic N) is 1. The Morgan fingerprint density at radius 3 is 2.89 bits per heavy atom. The van der Waals surface area contributed by atoms with Crippen LogP contribution in [0.1, 0.15) is 29.8 Å². The number of amides is 1. The number of carboxylic acids is 1. The molecule has 2 unspecified atom stereocenters. The molecule has 6 nitrogen and oxygen atoms in total. The number of aromatic nitrogens is 1. The summed E-state index contributed by atoms with van der Waals surface area (Å²) in [6, 6.07) is 3.13. The van der Waals surface area contributed by atoms with Gasteiger partial charge in [0.25, 0.3) is 5.91 Å². The summed E-state index contributed by atoms with van der Waals surface area (Å²) in [5.41, 5.74) is 5.99. The van der Waals surface area contributed by atoms with E-state index in [-0.39, 0.29) is 17.7 Å². The van der Waals surface area contributed by atoms with E-state index >= 15 is 0 Å². The molecule has 1 aliphatic rings. The molecule has 1 aliphatic carbocycles. The largest absolute Gasteiger partial charge is 0.481 e. The van der Waals surface area contributed by atoms with E-state index in [9.17, 15) is 9.59 Å². The molecule has 0 spiro atoms. The van der Waals surface area contributed by atoms with E-state index in [1.807, 2.05) is 0 Å². The normalized spacial score (nSPS) is 22.7. The van der Waals surface area contributed by atoms with E-state index in [0.29, 0.717) is 12.1 Å². The maximum Gasteiger partial charge on any atom is 0.308 e. The van der Waals surface area contributed by atoms with Crippen molar-refractivity contribution in [1.29, 1.82) is 0 Å². The van der Waals surface area contributed by atoms with Crippen LogP contribution >= 0.6 is 0 Å². The summed E-state index contributed by atoms with van der Waals surface area (Å²) >= 11 is 0. The van der Waals surface area contributed by atoms with E-state index in [2.05, 4.69) is 10.3 Å². The molecule has 0 bridgehead atoms. The highest BCUT2D eigenvalue weighted by atomic mass is 16.4. The van der Waals surface area contributed by atoms with Crippen LogP contribution < -0.4 is 11.1 Å². The number of anilines is 1. The molecule has 1 heterocycles. The molecule has 0 aliphatic heterocycles. The fraction of sp³-hybridized carbons (Fsp3) is 0.417. The Balaban J connectivity index is 2.11. The summed E-state index contributed by atoms with van der Waals surface area (Å²) in [6.07, 6.45) is 3.86. The molecular weight excluding hydrogens is 234 g/mol. The Hall–Kier alpha value is -2.11. The van der Waals surface area contributed by atoms with Crippen LogP contribution in [0, 0.1) is 5.92 Å². The van der Waals surface area contributed by atoms with E-state index < -0.39 is 11.9 Å². The topological polar surface area (TPSA) is 105 Å². The average Bonchev–Trinajstić information content (AvgIpc) is 2.77. The van der Waals surface area contributed by atoms with Gasteiger partial charge in [0.2, 0.25) is 0 Å². The Morgan fingerprint density at radius 2 is 2.22 bits per heavy atom. The molecule has 1 amide bonds. The number of hydrogen-bond acceptors (Lipinski definition) is 4. The number of nitrogens with two attached hydrogens (primary N) is 1. The number of aliphatic carboxylic acids is 1. The molecule has 1 aromatic heterocycles. The molecule has 18 heavy (non-hydrogen) atoms. The van der Waals surface area contributed by atoms with Crippen LogP contribution in [0.4, 0.5) is 5.69 Å². The maximum atomic E-state index is 11.1. The van der Waals surface area contributed by atoms with Crippen LogP contribution in [0.2, 0.25) is 0 Å². The summed E-state index contributed by atoms with van der Waals surface area (Å²) in [6.45, 7) is 0. The molecule has 96 valence electrons. The van der Waals surface area contributed by atoms with Gasteiger partial charge < -0.3 is 16.2 Å². The Labute approximate surface area is 104 Å². The minimum absolute atomic E-state index is 0.106. The van der Waals surface area contributed by atoms with Crippen molar-refractivity contribution < 1.29 is 14.7 Å². The number of hydrogen-bond donors (Lipinski definition) is 3. The van der Waals surface area contributed by atoms with Gasteiger partial charge in [0.1, 0.15) is 5.69 Å². The van der Waals surface area contributed by atoms with Crippen LogP contribution in [0.5, 0.6) is 0 Å². The van der Waals surface area contributed by atoms with Crippen molar-refractivity contribution in [1.82, 2.24) is 4.98 Å². The molecule has 2 rings (SSSR count). The molecule has 1 aromatic rings. The van der Waals surface area contributed by atoms with E-state index in [0.717, 1.165) is 12.8 Å². The molecule has 0 aromatic carbocycles. The molecule has 2 atom stereocenters. The molecular formula is C12H15N3O3. The SMILES string of the molecule is NC(=O)c1cc(NC2CCCC2C(=O)O)ccn1. The van der Waals surface area contributed by atoms with Crippen molar-refractivity contribution >= 4 is 17.6 Å². The standard InChI is InChI=1S/C12H15N3O3/c13-11(16)10-6-7(4-5-14-10)15-9-3-1-2-8(9)12(17)18/h4-6,8-9H,1-3H2,(H2,13,16)(H,14,15)(H,17,18). The van der Waals surface area contributed by atoms with E-state index in [4.69, 9.17) is 10.8 Å². The van der Waals surface area contributed by atoms with Gasteiger partial charge in [0.05, 0.1) is 5.92 Å². The Morgan fingerprint density at radius 1 is 1.44 bits per heavy atom. The second-order valence-corrected chi connectivity index (χ2v) is 4.42. The smallest absolute Gasteiger partial charge is 0.308 e. The second kappa shape index (κ2) is 5.03. The third-order valence-corrected chi connectivity index (χ3v) is 3.20. The third-order valence-electron chi connectivity index (χ3n) is 3.20. The van der Waals surface area contributed by atoms with Crippen LogP contribution in [-0.2, 0) is 4.79 Å². The minimum Gasteiger partial charge on any atom is -0.481 e. The third kappa shape index (κ3) is 2.58. The monoisotopic (exact) mass is 249 g/mol. The highest BCUT2D eigenvalue weighted by Gasteiger charge is 2.32. The summed E-state index contributed by atoms with van der Waals surface area (Å²) in [5.74, 6) is -1.76. The number of primary amides is 1. The molecule has 1 saturated carbocycles. The van der Waals surface area contributed by atoms with Crippen molar-refractivity contribution in [2.45, 2.75) is 25.3 Å². The number of pyridine rings is 1. The van der Waals surface area contributed by atoms with Gasteiger partial charge in [-0.25, -0.2) is 0 Å². The lowest BCUT2D eigenvalue weighted by Gasteiger charge is -2.18. The summed E-state index contributed by atoms with van der Waals surface area (Å²) in [7, 11) is 0. The van der Waals surface area contributed by atoms with Gasteiger partial charge in [0.15, 0.2) is 0 Å². The number of carbonyl (C=O) groups excluding carboxylic acids is 1. The predicted octanol–water partition coefficient (Wildman–Crippen LogP) is 0.846. The number of rotatable bonds is 4. The molecule has 0 radical (unpaired) electrons. The lowest BCUT2D eigenvalue weighted by atomic mass is 10.0. The number of nitrogens with one attached hydrogen (secondary N) is 1. The zero-order valence-electron chi connectivity index (χ0n) is 9.80. The zero-order chi connectivity index (χ0) is 13.1. The average molecular weight is 249 g/mol. The summed E-state index contributed by atoms with van der Waals surface area (Å²) < 4.78 is 0. The Kier molecular flexibility index (Phi) is 3.45. The minimum atomic E-state index is -0.783. The van der Waals surface area contributed by atoms with Crippen molar-refractivity contribution in [3.63, 3.8) is 0 Å². The van der Waals surface area contributed by atoms with Gasteiger partial charge in [-0.1, -0.05) is 6.42 Å². The number of carboxylic acid groups (broad SMARTS) is 1. The van der Waals surface area contributed by atoms with E-state index in [1.165, 1.54) is 6.20 Å². The molecule has 4 N–H and O–H groups in total. The quantitative estimate of drug-likeness (QED) is 0.733. The van der Waals surface area contributed by atoms with Crippen molar-refractivity contribution in [3.05, 3.63) is 24.0 Å². The lowest BCUT2D eigenvalue weighted by Crippen LogP contribution is -2.29. The van der Waals surface area contributed by atoms with Crippen LogP contribution in [0.15, 0.2) is 18.3 Å². The van der Waals surface area contributed by atoms with Crippen molar-refractivity contribution in [2.75, 3.05) is 5.32 Å². The van der Waals surface area contributed by atoms with Gasteiger partial charge in [-0.3, -0.25) is 14.6 Å². The highest BCUT2D eigenvalue weighted by Crippen LogP contribution is 2.28. The molecule has 6 heteroatoms. The first-order valence-electron chi connectivity index (χ1n) is 5.83. The van der Waals surface area contributed by atoms with Crippen LogP contribution in [0.3, 0.4) is 0 Å². The van der Waals surface area contributed by atoms with Gasteiger partial charge in [0, 0.05) is 17.9 Å². The maximum absolute atomic E-state index is 11.1. The number of carbonyl (C=O) groups is 2. The first-order valence-corrected chi connectivity index (χ1v) is 5.83. The van der Waals surface area contributed by atoms with Gasteiger partial charge >= 0.3 is 5.97 Å². The fourth-order valence-electron chi connectivity index (χ4n) is 2.30. The van der Waals surface area contributed by atoms with Crippen molar-refractivity contribution in [2.24, 2.45) is 11.7 Å². The first kappa shape index (κ1) is 12.3. The second-order valence-electron chi connectivity index (χ2n) is 4.42. The first-order chi connectivity index (χ1) is 8.58. The fourth-order valence-corrected chi connectivity index (χ4v) is 2.30. The van der Waals surface area contributed by atoms with Gasteiger partial charge in [-0.15, -0.1) is 0 Å². The Bertz CT molecular complexity index is 475. The van der Waals surface area contributed by atoms with Crippen molar-refractivity contribution in [3.8, 4) is 0 Å². The lowest BCUT2D eigenvalue weighted by molar-refractivity contribution is -0.141. The van der Waals surface area contributed by atoms with Gasteiger partial charge in [-0.2, -0.15) is 0 Å². The molecule has 0 saturated heterocycles. The van der Waals surface area contributed by atoms with Crippen LogP contribution in [-0.4, -0.2) is 28.0 Å². The highest BCUT2D eigenvalue weighted by molar-refractivity contribution is 5.91. The van der Waals surface area contributed by atoms with E-state index in [1.54, 1.807) is 12.1 Å². The van der Waals surface area contributed by atoms with Gasteiger partial charge in [-0.05, 0) is 25.0 Å². The predicted molar refractivity (Wildman–Crippen MR) is 65.1 cm³/mol. The zero-order valence-corrected chi connectivity index (χ0v) is 9.80. The molecule has 1 fully saturated rings. The summed E-state index contributed by atoms with van der Waals surface area (Å²) in [5, 5.41) is 12.2.